The molecule has 0 spiro atoms. The van der Waals surface area contributed by atoms with Crippen LogP contribution < -0.4 is 10.1 Å². The zero-order valence-corrected chi connectivity index (χ0v) is 16.9. The Morgan fingerprint density at radius 3 is 2.33 bits per heavy atom. The topological polar surface area (TPSA) is 71.1 Å². The van der Waals surface area contributed by atoms with Crippen molar-refractivity contribution < 1.29 is 19.1 Å². The Balaban J connectivity index is 0.00000364. The van der Waals surface area contributed by atoms with Gasteiger partial charge in [0.25, 0.3) is 0 Å². The molecule has 1 heterocycles. The van der Waals surface area contributed by atoms with Crippen LogP contribution in [0.5, 0.6) is 5.75 Å². The maximum Gasteiger partial charge on any atom is 0.409 e. The molecule has 1 aromatic rings. The Kier molecular flexibility index (Phi) is 10.6. The smallest absolute Gasteiger partial charge is 0.409 e. The standard InChI is InChI=1S/C19H29N3O4.ClH/c1-3-5-14-26-17-8-6-16(7-9-17)20-18(23)15-21-10-12-22(13-11-21)19(24)25-4-2;/h6-9H,3-5,10-15H2,1-2H3,(H,20,23);1H. The summed E-state index contributed by atoms with van der Waals surface area (Å²) in [7, 11) is 0. The second kappa shape index (κ2) is 12.4. The van der Waals surface area contributed by atoms with Gasteiger partial charge in [-0.05, 0) is 37.6 Å². The number of hydrogen-bond acceptors (Lipinski definition) is 5. The van der Waals surface area contributed by atoms with Crippen LogP contribution in [0.2, 0.25) is 0 Å². The molecule has 2 rings (SSSR count). The molecule has 0 radical (unpaired) electrons. The predicted octanol–water partition coefficient (Wildman–Crippen LogP) is 3.00. The van der Waals surface area contributed by atoms with Gasteiger partial charge in [-0.2, -0.15) is 0 Å². The predicted molar refractivity (Wildman–Crippen MR) is 108 cm³/mol. The van der Waals surface area contributed by atoms with Crippen LogP contribution in [0.1, 0.15) is 26.7 Å². The minimum absolute atomic E-state index is 0. The molecule has 1 aliphatic heterocycles. The number of ether oxygens (including phenoxy) is 2. The Morgan fingerprint density at radius 2 is 1.74 bits per heavy atom. The molecule has 7 nitrogen and oxygen atoms in total. The van der Waals surface area contributed by atoms with E-state index in [9.17, 15) is 9.59 Å². The van der Waals surface area contributed by atoms with E-state index in [1.165, 1.54) is 0 Å². The third kappa shape index (κ3) is 8.05. The van der Waals surface area contributed by atoms with E-state index in [1.807, 2.05) is 29.2 Å². The Hall–Kier alpha value is -1.99. The summed E-state index contributed by atoms with van der Waals surface area (Å²) in [5.41, 5.74) is 0.753. The van der Waals surface area contributed by atoms with Crippen molar-refractivity contribution in [2.24, 2.45) is 0 Å². The molecule has 0 bridgehead atoms. The van der Waals surface area contributed by atoms with Gasteiger partial charge >= 0.3 is 6.09 Å². The summed E-state index contributed by atoms with van der Waals surface area (Å²) in [6, 6.07) is 7.42. The van der Waals surface area contributed by atoms with Crippen molar-refractivity contribution in [1.82, 2.24) is 9.80 Å². The van der Waals surface area contributed by atoms with Crippen molar-refractivity contribution in [2.45, 2.75) is 26.7 Å². The average molecular weight is 400 g/mol. The number of rotatable bonds is 8. The van der Waals surface area contributed by atoms with E-state index in [-0.39, 0.29) is 24.4 Å². The first-order valence-electron chi connectivity index (χ1n) is 9.29. The van der Waals surface area contributed by atoms with Gasteiger partial charge in [0, 0.05) is 31.9 Å². The first kappa shape index (κ1) is 23.0. The summed E-state index contributed by atoms with van der Waals surface area (Å²) < 4.78 is 10.6. The van der Waals surface area contributed by atoms with Crippen LogP contribution in [0.4, 0.5) is 10.5 Å². The molecule has 8 heteroatoms. The van der Waals surface area contributed by atoms with Crippen molar-refractivity contribution in [3.05, 3.63) is 24.3 Å². The average Bonchev–Trinajstić information content (AvgIpc) is 2.64. The number of unbranched alkanes of at least 4 members (excludes halogenated alkanes) is 1. The monoisotopic (exact) mass is 399 g/mol. The molecule has 152 valence electrons. The van der Waals surface area contributed by atoms with E-state index in [4.69, 9.17) is 9.47 Å². The van der Waals surface area contributed by atoms with E-state index in [0.29, 0.717) is 45.9 Å². The van der Waals surface area contributed by atoms with Crippen molar-refractivity contribution in [2.75, 3.05) is 51.3 Å². The molecule has 0 atom stereocenters. The fraction of sp³-hybridized carbons (Fsp3) is 0.579. The molecule has 1 fully saturated rings. The first-order valence-corrected chi connectivity index (χ1v) is 9.29. The quantitative estimate of drug-likeness (QED) is 0.680. The van der Waals surface area contributed by atoms with Crippen molar-refractivity contribution in [3.63, 3.8) is 0 Å². The molecule has 27 heavy (non-hydrogen) atoms. The molecule has 1 saturated heterocycles. The van der Waals surface area contributed by atoms with Crippen LogP contribution in [-0.4, -0.2) is 67.7 Å². The van der Waals surface area contributed by atoms with E-state index >= 15 is 0 Å². The molecular weight excluding hydrogens is 370 g/mol. The van der Waals surface area contributed by atoms with Gasteiger partial charge in [0.1, 0.15) is 5.75 Å². The van der Waals surface area contributed by atoms with Gasteiger partial charge in [-0.25, -0.2) is 4.79 Å². The summed E-state index contributed by atoms with van der Waals surface area (Å²) in [5.74, 6) is 0.751. The molecule has 0 saturated carbocycles. The van der Waals surface area contributed by atoms with Crippen molar-refractivity contribution in [1.29, 1.82) is 0 Å². The number of carbonyl (C=O) groups is 2. The maximum absolute atomic E-state index is 12.2. The lowest BCUT2D eigenvalue weighted by molar-refractivity contribution is -0.117. The number of benzene rings is 1. The fourth-order valence-corrected chi connectivity index (χ4v) is 2.68. The number of piperazine rings is 1. The Morgan fingerprint density at radius 1 is 1.07 bits per heavy atom. The highest BCUT2D eigenvalue weighted by molar-refractivity contribution is 5.92. The summed E-state index contributed by atoms with van der Waals surface area (Å²) in [4.78, 5) is 27.6. The van der Waals surface area contributed by atoms with Crippen molar-refractivity contribution >= 4 is 30.1 Å². The Labute approximate surface area is 167 Å². The minimum atomic E-state index is -0.280. The first-order chi connectivity index (χ1) is 12.6. The van der Waals surface area contributed by atoms with Gasteiger partial charge in [0.15, 0.2) is 0 Å². The third-order valence-electron chi connectivity index (χ3n) is 4.17. The largest absolute Gasteiger partial charge is 0.494 e. The van der Waals surface area contributed by atoms with Gasteiger partial charge in [-0.15, -0.1) is 12.4 Å². The number of nitrogens with zero attached hydrogens (tertiary/aromatic N) is 2. The van der Waals surface area contributed by atoms with E-state index in [2.05, 4.69) is 12.2 Å². The zero-order valence-electron chi connectivity index (χ0n) is 16.1. The molecule has 0 aliphatic carbocycles. The SMILES string of the molecule is CCCCOc1ccc(NC(=O)CN2CCN(C(=O)OCC)CC2)cc1.Cl. The summed E-state index contributed by atoms with van der Waals surface area (Å²) in [5, 5.41) is 2.90. The summed E-state index contributed by atoms with van der Waals surface area (Å²) in [6.45, 7) is 7.80. The molecule has 2 amide bonds. The maximum atomic E-state index is 12.2. The molecule has 0 unspecified atom stereocenters. The lowest BCUT2D eigenvalue weighted by Crippen LogP contribution is -2.50. The number of carbonyl (C=O) groups excluding carboxylic acids is 2. The van der Waals surface area contributed by atoms with E-state index in [0.717, 1.165) is 24.3 Å². The lowest BCUT2D eigenvalue weighted by atomic mass is 10.3. The highest BCUT2D eigenvalue weighted by Crippen LogP contribution is 2.16. The van der Waals surface area contributed by atoms with E-state index in [1.54, 1.807) is 11.8 Å². The van der Waals surface area contributed by atoms with Gasteiger partial charge < -0.3 is 19.7 Å². The van der Waals surface area contributed by atoms with Gasteiger partial charge in [0.05, 0.1) is 19.8 Å². The van der Waals surface area contributed by atoms with Crippen LogP contribution in [0.3, 0.4) is 0 Å². The van der Waals surface area contributed by atoms with Crippen LogP contribution in [0.25, 0.3) is 0 Å². The summed E-state index contributed by atoms with van der Waals surface area (Å²) in [6.07, 6.45) is 1.85. The van der Waals surface area contributed by atoms with E-state index < -0.39 is 0 Å². The molecule has 1 aliphatic rings. The highest BCUT2D eigenvalue weighted by Gasteiger charge is 2.23. The van der Waals surface area contributed by atoms with Gasteiger partial charge in [-0.1, -0.05) is 13.3 Å². The highest BCUT2D eigenvalue weighted by atomic mass is 35.5. The number of amides is 2. The van der Waals surface area contributed by atoms with Gasteiger partial charge in [-0.3, -0.25) is 9.69 Å². The zero-order chi connectivity index (χ0) is 18.8. The number of anilines is 1. The number of hydrogen-bond donors (Lipinski definition) is 1. The molecule has 0 aromatic heterocycles. The minimum Gasteiger partial charge on any atom is -0.494 e. The third-order valence-corrected chi connectivity index (χ3v) is 4.17. The molecule has 1 aromatic carbocycles. The normalized spacial score (nSPS) is 14.2. The number of nitrogens with one attached hydrogen (secondary N) is 1. The number of halogens is 1. The fourth-order valence-electron chi connectivity index (χ4n) is 2.68. The summed E-state index contributed by atoms with van der Waals surface area (Å²) >= 11 is 0. The van der Waals surface area contributed by atoms with Crippen LogP contribution in [0.15, 0.2) is 24.3 Å². The van der Waals surface area contributed by atoms with Gasteiger partial charge in [0.2, 0.25) is 5.91 Å². The molecule has 1 N–H and O–H groups in total. The molecular formula is C19H30ClN3O4. The second-order valence-electron chi connectivity index (χ2n) is 6.24. The Bertz CT molecular complexity index is 575. The van der Waals surface area contributed by atoms with Crippen molar-refractivity contribution in [3.8, 4) is 5.75 Å². The van der Waals surface area contributed by atoms with Crippen LogP contribution in [-0.2, 0) is 9.53 Å². The van der Waals surface area contributed by atoms with Crippen LogP contribution >= 0.6 is 12.4 Å². The lowest BCUT2D eigenvalue weighted by Gasteiger charge is -2.33. The van der Waals surface area contributed by atoms with Crippen LogP contribution in [0, 0.1) is 0 Å². The second-order valence-corrected chi connectivity index (χ2v) is 6.24.